The van der Waals surface area contributed by atoms with Gasteiger partial charge in [-0.15, -0.1) is 0 Å². The van der Waals surface area contributed by atoms with Crippen LogP contribution in [0.4, 0.5) is 4.39 Å². The first-order valence-electron chi connectivity index (χ1n) is 5.58. The van der Waals surface area contributed by atoms with E-state index >= 15 is 0 Å². The maximum Gasteiger partial charge on any atom is 0.148 e. The topological polar surface area (TPSA) is 72.0 Å². The van der Waals surface area contributed by atoms with Crippen molar-refractivity contribution >= 4 is 0 Å². The van der Waals surface area contributed by atoms with Gasteiger partial charge >= 0.3 is 0 Å². The van der Waals surface area contributed by atoms with Crippen molar-refractivity contribution in [1.29, 1.82) is 0 Å². The van der Waals surface area contributed by atoms with E-state index in [4.69, 9.17) is 10.8 Å². The van der Waals surface area contributed by atoms with E-state index in [-0.39, 0.29) is 12.4 Å². The van der Waals surface area contributed by atoms with Gasteiger partial charge in [-0.1, -0.05) is 0 Å². The van der Waals surface area contributed by atoms with Crippen LogP contribution in [0.3, 0.4) is 0 Å². The Hall–Kier alpha value is -1.85. The smallest absolute Gasteiger partial charge is 0.148 e. The summed E-state index contributed by atoms with van der Waals surface area (Å²) in [6.45, 7) is 1.61. The van der Waals surface area contributed by atoms with Gasteiger partial charge in [0.05, 0.1) is 18.3 Å². The fourth-order valence-corrected chi connectivity index (χ4v) is 1.61. The molecular formula is C13H14FN3O. The zero-order chi connectivity index (χ0) is 13.1. The van der Waals surface area contributed by atoms with Gasteiger partial charge in [0, 0.05) is 11.3 Å². The molecule has 0 amide bonds. The van der Waals surface area contributed by atoms with Crippen molar-refractivity contribution in [2.45, 2.75) is 13.0 Å². The average molecular weight is 247 g/mol. The summed E-state index contributed by atoms with van der Waals surface area (Å²) in [5, 5.41) is 9.02. The lowest BCUT2D eigenvalue weighted by Crippen LogP contribution is -2.18. The van der Waals surface area contributed by atoms with Crippen LogP contribution in [0.15, 0.2) is 30.3 Å². The molecule has 5 heteroatoms. The number of benzene rings is 1. The molecule has 1 atom stereocenters. The van der Waals surface area contributed by atoms with Gasteiger partial charge in [-0.3, -0.25) is 0 Å². The highest BCUT2D eigenvalue weighted by Crippen LogP contribution is 2.19. The molecule has 4 nitrogen and oxygen atoms in total. The number of aryl methyl sites for hydroxylation is 1. The summed E-state index contributed by atoms with van der Waals surface area (Å²) in [5.74, 6) is 0.0913. The Morgan fingerprint density at radius 2 is 1.94 bits per heavy atom. The molecule has 18 heavy (non-hydrogen) atoms. The quantitative estimate of drug-likeness (QED) is 0.863. The minimum Gasteiger partial charge on any atom is -0.394 e. The van der Waals surface area contributed by atoms with Crippen LogP contribution in [-0.4, -0.2) is 21.7 Å². The molecule has 0 aliphatic carbocycles. The number of rotatable bonds is 3. The molecule has 1 unspecified atom stereocenters. The van der Waals surface area contributed by atoms with Crippen molar-refractivity contribution < 1.29 is 9.50 Å². The predicted molar refractivity (Wildman–Crippen MR) is 66.2 cm³/mol. The highest BCUT2D eigenvalue weighted by Gasteiger charge is 2.11. The molecule has 0 saturated heterocycles. The van der Waals surface area contributed by atoms with Gasteiger partial charge in [-0.05, 0) is 37.3 Å². The minimum atomic E-state index is -0.607. The lowest BCUT2D eigenvalue weighted by Gasteiger charge is -2.10. The first-order chi connectivity index (χ1) is 8.60. The summed E-state index contributed by atoms with van der Waals surface area (Å²) in [6, 6.07) is 7.22. The second kappa shape index (κ2) is 5.20. The Morgan fingerprint density at radius 1 is 1.28 bits per heavy atom. The molecule has 2 aromatic rings. The molecule has 1 heterocycles. The summed E-state index contributed by atoms with van der Waals surface area (Å²) in [7, 11) is 0. The lowest BCUT2D eigenvalue weighted by molar-refractivity contribution is 0.263. The molecule has 0 spiro atoms. The van der Waals surface area contributed by atoms with E-state index in [1.807, 2.05) is 6.92 Å². The molecule has 0 fully saturated rings. The maximum atomic E-state index is 12.9. The number of nitrogens with two attached hydrogens (primary N) is 1. The summed E-state index contributed by atoms with van der Waals surface area (Å²) >= 11 is 0. The van der Waals surface area contributed by atoms with Crippen molar-refractivity contribution in [2.24, 2.45) is 5.73 Å². The second-order valence-corrected chi connectivity index (χ2v) is 4.05. The van der Waals surface area contributed by atoms with Gasteiger partial charge in [0.1, 0.15) is 11.6 Å². The monoisotopic (exact) mass is 247 g/mol. The number of aliphatic hydroxyl groups excluding tert-OH is 1. The van der Waals surface area contributed by atoms with Crippen LogP contribution in [0, 0.1) is 12.7 Å². The fourth-order valence-electron chi connectivity index (χ4n) is 1.61. The van der Waals surface area contributed by atoms with E-state index in [9.17, 15) is 4.39 Å². The molecule has 0 saturated carbocycles. The predicted octanol–water partition coefficient (Wildman–Crippen LogP) is 1.58. The van der Waals surface area contributed by atoms with E-state index < -0.39 is 6.04 Å². The first kappa shape index (κ1) is 12.6. The number of hydrogen-bond acceptors (Lipinski definition) is 4. The zero-order valence-electron chi connectivity index (χ0n) is 9.97. The largest absolute Gasteiger partial charge is 0.394 e. The van der Waals surface area contributed by atoms with E-state index in [0.717, 1.165) is 11.3 Å². The standard InChI is InChI=1S/C13H14FN3O/c1-8-6-12(9-2-4-10(14)5-3-9)17-13(16-8)11(15)7-18/h2-6,11,18H,7,15H2,1H3. The van der Waals surface area contributed by atoms with Gasteiger partial charge in [-0.2, -0.15) is 0 Å². The Kier molecular flexibility index (Phi) is 3.64. The number of nitrogens with zero attached hydrogens (tertiary/aromatic N) is 2. The van der Waals surface area contributed by atoms with Crippen LogP contribution in [0.1, 0.15) is 17.6 Å². The fraction of sp³-hybridized carbons (Fsp3) is 0.231. The summed E-state index contributed by atoms with van der Waals surface area (Å²) in [4.78, 5) is 8.46. The molecule has 1 aromatic carbocycles. The highest BCUT2D eigenvalue weighted by molar-refractivity contribution is 5.59. The summed E-state index contributed by atoms with van der Waals surface area (Å²) < 4.78 is 12.9. The van der Waals surface area contributed by atoms with Crippen molar-refractivity contribution in [2.75, 3.05) is 6.61 Å². The Bertz CT molecular complexity index is 542. The van der Waals surface area contributed by atoms with Gasteiger partial charge in [-0.25, -0.2) is 14.4 Å². The minimum absolute atomic E-state index is 0.216. The molecule has 94 valence electrons. The Balaban J connectivity index is 2.44. The first-order valence-corrected chi connectivity index (χ1v) is 5.58. The van der Waals surface area contributed by atoms with Crippen LogP contribution in [0.5, 0.6) is 0 Å². The molecular weight excluding hydrogens is 233 g/mol. The van der Waals surface area contributed by atoms with Gasteiger partial charge in [0.15, 0.2) is 0 Å². The van der Waals surface area contributed by atoms with E-state index in [0.29, 0.717) is 11.5 Å². The van der Waals surface area contributed by atoms with Gasteiger partial charge in [0.25, 0.3) is 0 Å². The maximum absolute atomic E-state index is 12.9. The second-order valence-electron chi connectivity index (χ2n) is 4.05. The van der Waals surface area contributed by atoms with Gasteiger partial charge < -0.3 is 10.8 Å². The molecule has 1 aromatic heterocycles. The Labute approximate surface area is 104 Å². The highest BCUT2D eigenvalue weighted by atomic mass is 19.1. The number of hydrogen-bond donors (Lipinski definition) is 2. The van der Waals surface area contributed by atoms with E-state index in [1.54, 1.807) is 18.2 Å². The molecule has 0 aliphatic rings. The summed E-state index contributed by atoms with van der Waals surface area (Å²) in [5.41, 5.74) is 7.91. The Morgan fingerprint density at radius 3 is 2.56 bits per heavy atom. The number of aromatic nitrogens is 2. The van der Waals surface area contributed by atoms with Crippen LogP contribution in [0.25, 0.3) is 11.3 Å². The van der Waals surface area contributed by atoms with E-state index in [1.165, 1.54) is 12.1 Å². The van der Waals surface area contributed by atoms with Crippen molar-refractivity contribution in [1.82, 2.24) is 9.97 Å². The van der Waals surface area contributed by atoms with Crippen LogP contribution in [0.2, 0.25) is 0 Å². The summed E-state index contributed by atoms with van der Waals surface area (Å²) in [6.07, 6.45) is 0. The molecule has 2 rings (SSSR count). The third-order valence-corrected chi connectivity index (χ3v) is 2.54. The number of aliphatic hydroxyl groups is 1. The number of halogens is 1. The SMILES string of the molecule is Cc1cc(-c2ccc(F)cc2)nc(C(N)CO)n1. The third-order valence-electron chi connectivity index (χ3n) is 2.54. The lowest BCUT2D eigenvalue weighted by atomic mass is 10.1. The van der Waals surface area contributed by atoms with Gasteiger partial charge in [0.2, 0.25) is 0 Å². The van der Waals surface area contributed by atoms with Crippen molar-refractivity contribution in [3.05, 3.63) is 47.7 Å². The van der Waals surface area contributed by atoms with Crippen LogP contribution >= 0.6 is 0 Å². The van der Waals surface area contributed by atoms with Crippen LogP contribution < -0.4 is 5.73 Å². The zero-order valence-corrected chi connectivity index (χ0v) is 9.97. The molecule has 3 N–H and O–H groups in total. The van der Waals surface area contributed by atoms with Crippen molar-refractivity contribution in [3.8, 4) is 11.3 Å². The third kappa shape index (κ3) is 2.69. The van der Waals surface area contributed by atoms with E-state index in [2.05, 4.69) is 9.97 Å². The molecule has 0 bridgehead atoms. The van der Waals surface area contributed by atoms with Crippen molar-refractivity contribution in [3.63, 3.8) is 0 Å². The van der Waals surface area contributed by atoms with Crippen LogP contribution in [-0.2, 0) is 0 Å². The normalized spacial score (nSPS) is 12.4. The average Bonchev–Trinajstić information content (AvgIpc) is 2.38. The molecule has 0 radical (unpaired) electrons. The molecule has 0 aliphatic heterocycles.